The predicted molar refractivity (Wildman–Crippen MR) is 59.1 cm³/mol. The van der Waals surface area contributed by atoms with Crippen molar-refractivity contribution in [3.63, 3.8) is 0 Å². The molecule has 0 aliphatic rings. The molecule has 0 aliphatic carbocycles. The fourth-order valence-electron chi connectivity index (χ4n) is 1.26. The van der Waals surface area contributed by atoms with Gasteiger partial charge in [0, 0.05) is 27.3 Å². The molecular formula is C9H7NO3S2. The molecule has 0 saturated heterocycles. The van der Waals surface area contributed by atoms with E-state index in [4.69, 9.17) is 4.55 Å². The van der Waals surface area contributed by atoms with Crippen molar-refractivity contribution in [1.82, 2.24) is 4.98 Å². The average Bonchev–Trinajstić information content (AvgIpc) is 2.16. The number of benzene rings is 1. The summed E-state index contributed by atoms with van der Waals surface area (Å²) in [6.07, 6.45) is 1.63. The predicted octanol–water partition coefficient (Wildman–Crippen LogP) is 2.13. The molecule has 1 aromatic carbocycles. The Balaban J connectivity index is 2.61. The van der Waals surface area contributed by atoms with Gasteiger partial charge in [0.05, 0.1) is 5.52 Å². The first-order valence-corrected chi connectivity index (χ1v) is 6.84. The molecule has 2 aromatic rings. The van der Waals surface area contributed by atoms with Crippen molar-refractivity contribution in [2.75, 3.05) is 0 Å². The lowest BCUT2D eigenvalue weighted by Gasteiger charge is -2.02. The van der Waals surface area contributed by atoms with Gasteiger partial charge in [0.15, 0.2) is 0 Å². The Morgan fingerprint density at radius 1 is 1.20 bits per heavy atom. The van der Waals surface area contributed by atoms with Crippen LogP contribution in [0, 0.1) is 0 Å². The van der Waals surface area contributed by atoms with E-state index in [-0.39, 0.29) is 0 Å². The third kappa shape index (κ3) is 2.47. The molecule has 15 heavy (non-hydrogen) atoms. The largest absolute Gasteiger partial charge is 0.324 e. The molecule has 0 aliphatic heterocycles. The van der Waals surface area contributed by atoms with Gasteiger partial charge in [-0.2, -0.15) is 8.42 Å². The van der Waals surface area contributed by atoms with Crippen LogP contribution in [-0.4, -0.2) is 18.0 Å². The first kappa shape index (κ1) is 10.4. The van der Waals surface area contributed by atoms with Gasteiger partial charge in [0.25, 0.3) is 0 Å². The first-order valence-electron chi connectivity index (χ1n) is 4.07. The molecule has 0 unspecified atom stereocenters. The number of nitrogens with zero attached hydrogens (tertiary/aromatic N) is 1. The monoisotopic (exact) mass is 241 g/mol. The lowest BCUT2D eigenvalue weighted by molar-refractivity contribution is 0.503. The van der Waals surface area contributed by atoms with Gasteiger partial charge in [-0.25, -0.2) is 0 Å². The van der Waals surface area contributed by atoms with Crippen LogP contribution in [0.1, 0.15) is 0 Å². The third-order valence-electron chi connectivity index (χ3n) is 1.80. The van der Waals surface area contributed by atoms with Crippen LogP contribution in [0.5, 0.6) is 0 Å². The lowest BCUT2D eigenvalue weighted by atomic mass is 10.2. The summed E-state index contributed by atoms with van der Waals surface area (Å²) in [5, 5.41) is 0.711. The summed E-state index contributed by atoms with van der Waals surface area (Å²) in [7, 11) is -3.66. The minimum Gasteiger partial charge on any atom is -0.277 e. The van der Waals surface area contributed by atoms with Crippen molar-refractivity contribution in [3.8, 4) is 0 Å². The molecule has 0 saturated carbocycles. The summed E-state index contributed by atoms with van der Waals surface area (Å²) in [4.78, 5) is 4.56. The Hall–Kier alpha value is -1.11. The quantitative estimate of drug-likeness (QED) is 0.644. The number of hydrogen-bond acceptors (Lipinski definition) is 4. The molecule has 0 amide bonds. The van der Waals surface area contributed by atoms with Gasteiger partial charge in [0.1, 0.15) is 0 Å². The number of fused-ring (bicyclic) bond motifs is 1. The molecule has 0 spiro atoms. The summed E-state index contributed by atoms with van der Waals surface area (Å²) in [6.45, 7) is 0. The van der Waals surface area contributed by atoms with Gasteiger partial charge in [-0.15, -0.1) is 0 Å². The Bertz CT molecular complexity index is 590. The maximum absolute atomic E-state index is 10.7. The smallest absolute Gasteiger partial charge is 0.277 e. The van der Waals surface area contributed by atoms with Crippen LogP contribution in [0.25, 0.3) is 10.9 Å². The zero-order valence-electron chi connectivity index (χ0n) is 7.49. The van der Waals surface area contributed by atoms with Crippen molar-refractivity contribution in [3.05, 3.63) is 36.5 Å². The maximum atomic E-state index is 10.7. The molecule has 0 radical (unpaired) electrons. The summed E-state index contributed by atoms with van der Waals surface area (Å²) in [6, 6.07) is 8.58. The van der Waals surface area contributed by atoms with E-state index in [0.29, 0.717) is 26.6 Å². The van der Waals surface area contributed by atoms with E-state index in [2.05, 4.69) is 4.98 Å². The van der Waals surface area contributed by atoms with E-state index in [1.807, 2.05) is 0 Å². The summed E-state index contributed by atoms with van der Waals surface area (Å²) < 4.78 is 30.2. The normalized spacial score (nSPS) is 11.8. The van der Waals surface area contributed by atoms with E-state index in [0.717, 1.165) is 0 Å². The van der Waals surface area contributed by atoms with Crippen molar-refractivity contribution >= 4 is 30.8 Å². The second kappa shape index (κ2) is 3.80. The van der Waals surface area contributed by atoms with Crippen LogP contribution in [0.2, 0.25) is 0 Å². The minimum absolute atomic E-state index is 0.418. The SMILES string of the molecule is O=S(=O)(O)Sc1cccc2ncccc12. The molecule has 1 heterocycles. The second-order valence-corrected chi connectivity index (χ2v) is 6.06. The van der Waals surface area contributed by atoms with Crippen molar-refractivity contribution in [1.29, 1.82) is 0 Å². The first-order chi connectivity index (χ1) is 7.06. The summed E-state index contributed by atoms with van der Waals surface area (Å²) in [5.41, 5.74) is 0.700. The van der Waals surface area contributed by atoms with Gasteiger partial charge in [0.2, 0.25) is 0 Å². The van der Waals surface area contributed by atoms with Crippen LogP contribution in [0.15, 0.2) is 41.4 Å². The second-order valence-electron chi connectivity index (χ2n) is 2.84. The van der Waals surface area contributed by atoms with E-state index in [9.17, 15) is 8.42 Å². The van der Waals surface area contributed by atoms with Crippen LogP contribution in [0.4, 0.5) is 0 Å². The van der Waals surface area contributed by atoms with Gasteiger partial charge >= 0.3 is 9.15 Å². The Labute approximate surface area is 90.5 Å². The topological polar surface area (TPSA) is 67.3 Å². The van der Waals surface area contributed by atoms with E-state index in [1.165, 1.54) is 0 Å². The summed E-state index contributed by atoms with van der Waals surface area (Å²) >= 11 is 0. The van der Waals surface area contributed by atoms with Crippen molar-refractivity contribution < 1.29 is 13.0 Å². The van der Waals surface area contributed by atoms with E-state index in [1.54, 1.807) is 36.5 Å². The standard InChI is InChI=1S/C9H7NO3S2/c11-15(12,13)14-9-5-1-4-8-7(9)3-2-6-10-8/h1-6H,(H,11,12,13). The fraction of sp³-hybridized carbons (Fsp3) is 0. The van der Waals surface area contributed by atoms with Gasteiger partial charge in [-0.1, -0.05) is 12.1 Å². The van der Waals surface area contributed by atoms with Crippen molar-refractivity contribution in [2.45, 2.75) is 4.90 Å². The molecule has 2 rings (SSSR count). The highest BCUT2D eigenvalue weighted by Gasteiger charge is 2.10. The molecule has 0 bridgehead atoms. The summed E-state index contributed by atoms with van der Waals surface area (Å²) in [5.74, 6) is 0. The van der Waals surface area contributed by atoms with Crippen LogP contribution in [-0.2, 0) is 9.15 Å². The zero-order chi connectivity index (χ0) is 10.9. The Morgan fingerprint density at radius 3 is 2.73 bits per heavy atom. The third-order valence-corrected chi connectivity index (χ3v) is 3.72. The number of rotatable bonds is 2. The molecular weight excluding hydrogens is 234 g/mol. The lowest BCUT2D eigenvalue weighted by Crippen LogP contribution is -1.90. The highest BCUT2D eigenvalue weighted by atomic mass is 33.1. The molecule has 78 valence electrons. The van der Waals surface area contributed by atoms with Gasteiger partial charge in [-0.05, 0) is 18.2 Å². The van der Waals surface area contributed by atoms with Gasteiger partial charge in [-0.3, -0.25) is 9.54 Å². The Kier molecular flexibility index (Phi) is 2.64. The minimum atomic E-state index is -4.08. The van der Waals surface area contributed by atoms with E-state index >= 15 is 0 Å². The molecule has 1 N–H and O–H groups in total. The molecule has 1 aromatic heterocycles. The number of pyridine rings is 1. The zero-order valence-corrected chi connectivity index (χ0v) is 9.12. The number of hydrogen-bond donors (Lipinski definition) is 1. The fourth-order valence-corrected chi connectivity index (χ4v) is 3.00. The molecule has 4 nitrogen and oxygen atoms in total. The highest BCUT2D eigenvalue weighted by Crippen LogP contribution is 2.29. The van der Waals surface area contributed by atoms with Gasteiger partial charge < -0.3 is 0 Å². The molecule has 0 fully saturated rings. The molecule has 6 heteroatoms. The van der Waals surface area contributed by atoms with Crippen molar-refractivity contribution in [2.24, 2.45) is 0 Å². The maximum Gasteiger partial charge on any atom is 0.324 e. The highest BCUT2D eigenvalue weighted by molar-refractivity contribution is 8.70. The molecule has 0 atom stereocenters. The van der Waals surface area contributed by atoms with E-state index < -0.39 is 9.15 Å². The number of aromatic nitrogens is 1. The van der Waals surface area contributed by atoms with Crippen LogP contribution >= 0.6 is 10.8 Å². The Morgan fingerprint density at radius 2 is 2.00 bits per heavy atom. The van der Waals surface area contributed by atoms with Crippen LogP contribution in [0.3, 0.4) is 0 Å². The van der Waals surface area contributed by atoms with Crippen LogP contribution < -0.4 is 0 Å². The average molecular weight is 241 g/mol.